The third-order valence-electron chi connectivity index (χ3n) is 3.02. The van der Waals surface area contributed by atoms with E-state index in [9.17, 15) is 4.79 Å². The molecule has 0 atom stereocenters. The second-order valence-corrected chi connectivity index (χ2v) is 4.44. The molecular weight excluding hydrogens is 204 g/mol. The molecule has 0 saturated heterocycles. The summed E-state index contributed by atoms with van der Waals surface area (Å²) in [6.45, 7) is 4.19. The first-order chi connectivity index (χ1) is 7.56. The van der Waals surface area contributed by atoms with Crippen molar-refractivity contribution in [1.29, 1.82) is 0 Å². The molecular formula is C13H16O3. The second-order valence-electron chi connectivity index (χ2n) is 4.44. The molecule has 1 aliphatic heterocycles. The van der Waals surface area contributed by atoms with Gasteiger partial charge in [-0.3, -0.25) is 4.79 Å². The predicted molar refractivity (Wildman–Crippen MR) is 61.1 cm³/mol. The molecule has 86 valence electrons. The number of carbonyl (C=O) groups excluding carboxylic acids is 1. The number of methoxy groups -OCH3 is 1. The molecule has 0 spiro atoms. The van der Waals surface area contributed by atoms with Gasteiger partial charge in [-0.15, -0.1) is 0 Å². The molecule has 0 fully saturated rings. The monoisotopic (exact) mass is 220 g/mol. The Morgan fingerprint density at radius 1 is 1.44 bits per heavy atom. The van der Waals surface area contributed by atoms with E-state index < -0.39 is 5.60 Å². The maximum Gasteiger partial charge on any atom is 0.197 e. The largest absolute Gasteiger partial charge is 0.492 e. The van der Waals surface area contributed by atoms with Crippen LogP contribution in [0.1, 0.15) is 29.8 Å². The van der Waals surface area contributed by atoms with Gasteiger partial charge >= 0.3 is 0 Å². The van der Waals surface area contributed by atoms with Crippen LogP contribution in [0.4, 0.5) is 0 Å². The fraction of sp³-hybridized carbons (Fsp3) is 0.462. The minimum Gasteiger partial charge on any atom is -0.492 e. The Morgan fingerprint density at radius 3 is 2.88 bits per heavy atom. The Hall–Kier alpha value is -1.35. The average Bonchev–Trinajstić information content (AvgIpc) is 2.75. The number of para-hydroxylation sites is 1. The van der Waals surface area contributed by atoms with Crippen LogP contribution in [0, 0.1) is 0 Å². The standard InChI is InChI=1S/C13H16O3/c1-13(2,15-3)12(14)10-6-4-5-9-7-8-16-11(9)10/h4-6H,7-8H2,1-3H3. The highest BCUT2D eigenvalue weighted by Gasteiger charge is 2.32. The van der Waals surface area contributed by atoms with Gasteiger partial charge in [0.25, 0.3) is 0 Å². The number of hydrogen-bond acceptors (Lipinski definition) is 3. The number of carbonyl (C=O) groups is 1. The van der Waals surface area contributed by atoms with Gasteiger partial charge in [-0.25, -0.2) is 0 Å². The topological polar surface area (TPSA) is 35.5 Å². The molecule has 1 aromatic carbocycles. The summed E-state index contributed by atoms with van der Waals surface area (Å²) in [6.07, 6.45) is 0.879. The first-order valence-corrected chi connectivity index (χ1v) is 5.41. The van der Waals surface area contributed by atoms with Crippen LogP contribution in [-0.2, 0) is 11.2 Å². The SMILES string of the molecule is COC(C)(C)C(=O)c1cccc2c1OCC2. The van der Waals surface area contributed by atoms with Crippen LogP contribution in [0.3, 0.4) is 0 Å². The zero-order valence-electron chi connectivity index (χ0n) is 9.87. The second kappa shape index (κ2) is 3.91. The van der Waals surface area contributed by atoms with Gasteiger partial charge in [0.1, 0.15) is 11.4 Å². The van der Waals surface area contributed by atoms with Crippen LogP contribution < -0.4 is 4.74 Å². The number of ketones is 1. The van der Waals surface area contributed by atoms with Crippen molar-refractivity contribution < 1.29 is 14.3 Å². The Labute approximate surface area is 95.4 Å². The highest BCUT2D eigenvalue weighted by Crippen LogP contribution is 2.32. The zero-order valence-corrected chi connectivity index (χ0v) is 9.87. The van der Waals surface area contributed by atoms with E-state index in [4.69, 9.17) is 9.47 Å². The van der Waals surface area contributed by atoms with E-state index >= 15 is 0 Å². The van der Waals surface area contributed by atoms with Gasteiger partial charge in [-0.05, 0) is 25.5 Å². The summed E-state index contributed by atoms with van der Waals surface area (Å²) in [4.78, 5) is 12.3. The summed E-state index contributed by atoms with van der Waals surface area (Å²) in [7, 11) is 1.54. The lowest BCUT2D eigenvalue weighted by atomic mass is 9.94. The van der Waals surface area contributed by atoms with Crippen LogP contribution in [0.25, 0.3) is 0 Å². The molecule has 0 aliphatic carbocycles. The quantitative estimate of drug-likeness (QED) is 0.733. The van der Waals surface area contributed by atoms with Crippen molar-refractivity contribution in [1.82, 2.24) is 0 Å². The third kappa shape index (κ3) is 1.71. The highest BCUT2D eigenvalue weighted by molar-refractivity contribution is 6.04. The molecule has 2 rings (SSSR count). The summed E-state index contributed by atoms with van der Waals surface area (Å²) >= 11 is 0. The molecule has 0 aromatic heterocycles. The van der Waals surface area contributed by atoms with Crippen molar-refractivity contribution in [2.24, 2.45) is 0 Å². The van der Waals surface area contributed by atoms with Crippen molar-refractivity contribution in [3.63, 3.8) is 0 Å². The van der Waals surface area contributed by atoms with E-state index in [1.54, 1.807) is 27.0 Å². The van der Waals surface area contributed by atoms with Crippen LogP contribution in [0.5, 0.6) is 5.75 Å². The van der Waals surface area contributed by atoms with Gasteiger partial charge < -0.3 is 9.47 Å². The molecule has 1 aliphatic rings. The van der Waals surface area contributed by atoms with Crippen molar-refractivity contribution in [2.75, 3.05) is 13.7 Å². The minimum atomic E-state index is -0.804. The van der Waals surface area contributed by atoms with E-state index in [1.807, 2.05) is 12.1 Å². The Balaban J connectivity index is 2.42. The van der Waals surface area contributed by atoms with Gasteiger partial charge in [0, 0.05) is 13.5 Å². The fourth-order valence-corrected chi connectivity index (χ4v) is 1.81. The van der Waals surface area contributed by atoms with Crippen LogP contribution >= 0.6 is 0 Å². The van der Waals surface area contributed by atoms with E-state index in [1.165, 1.54) is 0 Å². The lowest BCUT2D eigenvalue weighted by Crippen LogP contribution is -2.34. The number of benzene rings is 1. The number of Topliss-reactive ketones (excluding diaryl/α,β-unsaturated/α-hetero) is 1. The Morgan fingerprint density at radius 2 is 2.19 bits per heavy atom. The van der Waals surface area contributed by atoms with E-state index in [2.05, 4.69) is 0 Å². The minimum absolute atomic E-state index is 0.0336. The molecule has 1 heterocycles. The number of hydrogen-bond donors (Lipinski definition) is 0. The molecule has 3 heteroatoms. The summed E-state index contributed by atoms with van der Waals surface area (Å²) in [5.74, 6) is 0.700. The normalized spacial score (nSPS) is 14.4. The molecule has 3 nitrogen and oxygen atoms in total. The third-order valence-corrected chi connectivity index (χ3v) is 3.02. The maximum absolute atomic E-state index is 12.3. The number of fused-ring (bicyclic) bond motifs is 1. The maximum atomic E-state index is 12.3. The van der Waals surface area contributed by atoms with Crippen LogP contribution in [0.15, 0.2) is 18.2 Å². The lowest BCUT2D eigenvalue weighted by molar-refractivity contribution is 0.0226. The predicted octanol–water partition coefficient (Wildman–Crippen LogP) is 2.23. The van der Waals surface area contributed by atoms with E-state index in [0.29, 0.717) is 12.2 Å². The molecule has 0 amide bonds. The molecule has 0 bridgehead atoms. The highest BCUT2D eigenvalue weighted by atomic mass is 16.5. The molecule has 1 aromatic rings. The van der Waals surface area contributed by atoms with Gasteiger partial charge in [0.05, 0.1) is 12.2 Å². The zero-order chi connectivity index (χ0) is 11.8. The van der Waals surface area contributed by atoms with Crippen molar-refractivity contribution in [3.05, 3.63) is 29.3 Å². The number of rotatable bonds is 3. The summed E-state index contributed by atoms with van der Waals surface area (Å²) in [6, 6.07) is 5.69. The van der Waals surface area contributed by atoms with Crippen molar-refractivity contribution in [2.45, 2.75) is 25.9 Å². The fourth-order valence-electron chi connectivity index (χ4n) is 1.81. The van der Waals surface area contributed by atoms with Gasteiger partial charge in [0.15, 0.2) is 5.78 Å². The van der Waals surface area contributed by atoms with Gasteiger partial charge in [-0.2, -0.15) is 0 Å². The Bertz CT molecular complexity index is 421. The molecule has 0 unspecified atom stereocenters. The van der Waals surface area contributed by atoms with E-state index in [-0.39, 0.29) is 5.78 Å². The summed E-state index contributed by atoms with van der Waals surface area (Å²) in [5, 5.41) is 0. The molecule has 0 saturated carbocycles. The van der Waals surface area contributed by atoms with Crippen molar-refractivity contribution >= 4 is 5.78 Å². The van der Waals surface area contributed by atoms with Gasteiger partial charge in [-0.1, -0.05) is 12.1 Å². The lowest BCUT2D eigenvalue weighted by Gasteiger charge is -2.22. The van der Waals surface area contributed by atoms with Gasteiger partial charge in [0.2, 0.25) is 0 Å². The first-order valence-electron chi connectivity index (χ1n) is 5.41. The van der Waals surface area contributed by atoms with Crippen molar-refractivity contribution in [3.8, 4) is 5.75 Å². The molecule has 16 heavy (non-hydrogen) atoms. The molecule has 0 radical (unpaired) electrons. The van der Waals surface area contributed by atoms with E-state index in [0.717, 1.165) is 17.7 Å². The van der Waals surface area contributed by atoms with Crippen LogP contribution in [0.2, 0.25) is 0 Å². The summed E-state index contributed by atoms with van der Waals surface area (Å²) in [5.41, 5.74) is 0.931. The molecule has 0 N–H and O–H groups in total. The van der Waals surface area contributed by atoms with Crippen LogP contribution in [-0.4, -0.2) is 25.1 Å². The summed E-state index contributed by atoms with van der Waals surface area (Å²) < 4.78 is 10.7. The average molecular weight is 220 g/mol. The first kappa shape index (κ1) is 11.1. The number of ether oxygens (including phenoxy) is 2. The Kier molecular flexibility index (Phi) is 2.72. The smallest absolute Gasteiger partial charge is 0.197 e.